The van der Waals surface area contributed by atoms with Crippen molar-refractivity contribution < 1.29 is 9.72 Å². The largest absolute Gasteiger partial charge is 0.347 e. The molecule has 0 bridgehead atoms. The maximum absolute atomic E-state index is 12.1. The topological polar surface area (TPSA) is 77.2 Å². The van der Waals surface area contributed by atoms with Crippen LogP contribution in [0.4, 0.5) is 5.69 Å². The predicted octanol–water partition coefficient (Wildman–Crippen LogP) is 3.38. The van der Waals surface area contributed by atoms with Crippen LogP contribution in [0, 0.1) is 10.1 Å². The first-order chi connectivity index (χ1) is 11.1. The zero-order valence-corrected chi connectivity index (χ0v) is 12.8. The lowest BCUT2D eigenvalue weighted by molar-refractivity contribution is -0.384. The number of thiophene rings is 1. The lowest BCUT2D eigenvalue weighted by Crippen LogP contribution is -2.22. The zero-order chi connectivity index (χ0) is 16.2. The van der Waals surface area contributed by atoms with Gasteiger partial charge in [-0.05, 0) is 35.7 Å². The van der Waals surface area contributed by atoms with E-state index in [4.69, 9.17) is 0 Å². The molecule has 0 aliphatic heterocycles. The second-order valence-corrected chi connectivity index (χ2v) is 5.81. The molecule has 2 heterocycles. The van der Waals surface area contributed by atoms with Crippen LogP contribution < -0.4 is 5.32 Å². The average Bonchev–Trinajstić information content (AvgIpc) is 3.23. The molecular weight excluding hydrogens is 314 g/mol. The Hall–Kier alpha value is -2.93. The van der Waals surface area contributed by atoms with Crippen LogP contribution >= 0.6 is 11.3 Å². The third-order valence-corrected chi connectivity index (χ3v) is 4.26. The number of hydrogen-bond donors (Lipinski definition) is 1. The fourth-order valence-corrected chi connectivity index (χ4v) is 3.00. The van der Waals surface area contributed by atoms with E-state index in [2.05, 4.69) is 5.32 Å². The van der Waals surface area contributed by atoms with Crippen molar-refractivity contribution in [1.82, 2.24) is 9.88 Å². The Morgan fingerprint density at radius 3 is 2.52 bits per heavy atom. The number of nitro groups is 1. The minimum Gasteiger partial charge on any atom is -0.347 e. The van der Waals surface area contributed by atoms with Crippen molar-refractivity contribution >= 4 is 22.9 Å². The predicted molar refractivity (Wildman–Crippen MR) is 87.9 cm³/mol. The molecule has 23 heavy (non-hydrogen) atoms. The average molecular weight is 327 g/mol. The van der Waals surface area contributed by atoms with Gasteiger partial charge in [-0.3, -0.25) is 14.9 Å². The minimum absolute atomic E-state index is 0.0327. The summed E-state index contributed by atoms with van der Waals surface area (Å²) in [4.78, 5) is 23.3. The van der Waals surface area contributed by atoms with Crippen molar-refractivity contribution in [3.05, 3.63) is 80.8 Å². The van der Waals surface area contributed by atoms with E-state index in [-0.39, 0.29) is 11.6 Å². The van der Waals surface area contributed by atoms with Gasteiger partial charge in [0.05, 0.1) is 17.2 Å². The van der Waals surface area contributed by atoms with Gasteiger partial charge in [-0.2, -0.15) is 0 Å². The number of nitrogens with one attached hydrogen (secondary N) is 1. The number of nitro benzene ring substituents is 1. The van der Waals surface area contributed by atoms with Crippen LogP contribution in [0.1, 0.15) is 15.2 Å². The molecule has 7 heteroatoms. The molecule has 0 aliphatic rings. The Balaban J connectivity index is 1.68. The van der Waals surface area contributed by atoms with Crippen molar-refractivity contribution in [3.63, 3.8) is 0 Å². The number of hydrogen-bond acceptors (Lipinski definition) is 4. The highest BCUT2D eigenvalue weighted by molar-refractivity contribution is 7.10. The molecule has 0 aliphatic carbocycles. The molecule has 1 N–H and O–H groups in total. The van der Waals surface area contributed by atoms with Crippen LogP contribution in [0.15, 0.2) is 60.2 Å². The summed E-state index contributed by atoms with van der Waals surface area (Å²) in [5.41, 5.74) is 1.40. The summed E-state index contributed by atoms with van der Waals surface area (Å²) in [6.45, 7) is 0.404. The summed E-state index contributed by atoms with van der Waals surface area (Å²) in [5.74, 6) is -0.258. The number of non-ortho nitro benzene ring substituents is 1. The molecule has 0 spiro atoms. The normalized spacial score (nSPS) is 10.4. The summed E-state index contributed by atoms with van der Waals surface area (Å²) in [6, 6.07) is 11.4. The van der Waals surface area contributed by atoms with Crippen LogP contribution in [-0.2, 0) is 6.54 Å². The number of aromatic nitrogens is 1. The first kappa shape index (κ1) is 15.0. The van der Waals surface area contributed by atoms with E-state index in [1.807, 2.05) is 40.5 Å². The SMILES string of the molecule is O=C(NCc1sccc1-n1cccc1)c1ccc([N+](=O)[O-])cc1. The van der Waals surface area contributed by atoms with E-state index in [9.17, 15) is 14.9 Å². The van der Waals surface area contributed by atoms with Crippen molar-refractivity contribution in [1.29, 1.82) is 0 Å². The quantitative estimate of drug-likeness (QED) is 0.576. The second-order valence-electron chi connectivity index (χ2n) is 4.81. The highest BCUT2D eigenvalue weighted by Gasteiger charge is 2.11. The maximum atomic E-state index is 12.1. The summed E-state index contributed by atoms with van der Waals surface area (Å²) < 4.78 is 1.99. The van der Waals surface area contributed by atoms with Gasteiger partial charge in [0.2, 0.25) is 0 Å². The van der Waals surface area contributed by atoms with Crippen molar-refractivity contribution in [3.8, 4) is 5.69 Å². The number of amides is 1. The molecule has 0 saturated heterocycles. The molecule has 0 atom stereocenters. The van der Waals surface area contributed by atoms with Crippen LogP contribution in [0.3, 0.4) is 0 Å². The van der Waals surface area contributed by atoms with Crippen molar-refractivity contribution in [2.24, 2.45) is 0 Å². The summed E-state index contributed by atoms with van der Waals surface area (Å²) >= 11 is 1.57. The Kier molecular flexibility index (Phi) is 4.20. The van der Waals surface area contributed by atoms with Crippen LogP contribution in [0.25, 0.3) is 5.69 Å². The molecule has 0 saturated carbocycles. The number of carbonyl (C=O) groups excluding carboxylic acids is 1. The summed E-state index contributed by atoms with van der Waals surface area (Å²) in [5, 5.41) is 15.4. The van der Waals surface area contributed by atoms with Crippen molar-refractivity contribution in [2.75, 3.05) is 0 Å². The molecule has 6 nitrogen and oxygen atoms in total. The van der Waals surface area contributed by atoms with Crippen LogP contribution in [-0.4, -0.2) is 15.4 Å². The van der Waals surface area contributed by atoms with E-state index >= 15 is 0 Å². The van der Waals surface area contributed by atoms with Gasteiger partial charge in [0.1, 0.15) is 0 Å². The van der Waals surface area contributed by atoms with Gasteiger partial charge in [-0.25, -0.2) is 0 Å². The molecule has 116 valence electrons. The third kappa shape index (κ3) is 3.29. The Morgan fingerprint density at radius 2 is 1.87 bits per heavy atom. The zero-order valence-electron chi connectivity index (χ0n) is 12.0. The van der Waals surface area contributed by atoms with E-state index < -0.39 is 4.92 Å². The highest BCUT2D eigenvalue weighted by atomic mass is 32.1. The third-order valence-electron chi connectivity index (χ3n) is 3.35. The lowest BCUT2D eigenvalue weighted by Gasteiger charge is -2.07. The Morgan fingerprint density at radius 1 is 1.17 bits per heavy atom. The number of carbonyl (C=O) groups is 1. The number of nitrogens with zero attached hydrogens (tertiary/aromatic N) is 2. The molecule has 2 aromatic heterocycles. The molecule has 3 rings (SSSR count). The molecule has 0 radical (unpaired) electrons. The first-order valence-corrected chi connectivity index (χ1v) is 7.75. The fraction of sp³-hybridized carbons (Fsp3) is 0.0625. The van der Waals surface area contributed by atoms with E-state index in [0.717, 1.165) is 10.6 Å². The van der Waals surface area contributed by atoms with Crippen LogP contribution in [0.5, 0.6) is 0 Å². The molecule has 3 aromatic rings. The Bertz CT molecular complexity index is 823. The molecule has 0 fully saturated rings. The van der Waals surface area contributed by atoms with E-state index in [1.54, 1.807) is 11.3 Å². The van der Waals surface area contributed by atoms with Gasteiger partial charge < -0.3 is 9.88 Å². The van der Waals surface area contributed by atoms with E-state index in [0.29, 0.717) is 12.1 Å². The monoisotopic (exact) mass is 327 g/mol. The van der Waals surface area contributed by atoms with Gasteiger partial charge in [-0.1, -0.05) is 0 Å². The van der Waals surface area contributed by atoms with Gasteiger partial charge in [0.25, 0.3) is 11.6 Å². The lowest BCUT2D eigenvalue weighted by atomic mass is 10.2. The van der Waals surface area contributed by atoms with Gasteiger partial charge in [0, 0.05) is 35.0 Å². The summed E-state index contributed by atoms with van der Waals surface area (Å²) in [6.07, 6.45) is 3.90. The van der Waals surface area contributed by atoms with E-state index in [1.165, 1.54) is 24.3 Å². The fourth-order valence-electron chi connectivity index (χ4n) is 2.19. The maximum Gasteiger partial charge on any atom is 0.269 e. The second kappa shape index (κ2) is 6.45. The molecule has 1 amide bonds. The molecule has 0 unspecified atom stereocenters. The van der Waals surface area contributed by atoms with Crippen LogP contribution in [0.2, 0.25) is 0 Å². The Labute approximate surface area is 136 Å². The smallest absolute Gasteiger partial charge is 0.269 e. The van der Waals surface area contributed by atoms with Gasteiger partial charge >= 0.3 is 0 Å². The van der Waals surface area contributed by atoms with Crippen molar-refractivity contribution in [2.45, 2.75) is 6.54 Å². The number of benzene rings is 1. The standard InChI is InChI=1S/C16H13N3O3S/c20-16(12-3-5-13(6-4-12)19(21)22)17-11-15-14(7-10-23-15)18-8-1-2-9-18/h1-10H,11H2,(H,17,20). The molecular formula is C16H13N3O3S. The van der Waals surface area contributed by atoms with Gasteiger partial charge in [-0.15, -0.1) is 11.3 Å². The first-order valence-electron chi connectivity index (χ1n) is 6.87. The highest BCUT2D eigenvalue weighted by Crippen LogP contribution is 2.21. The molecule has 1 aromatic carbocycles. The van der Waals surface area contributed by atoms with Gasteiger partial charge in [0.15, 0.2) is 0 Å². The summed E-state index contributed by atoms with van der Waals surface area (Å²) in [7, 11) is 0. The minimum atomic E-state index is -0.489. The number of rotatable bonds is 5.